The number of nitrogens with two attached hydrogens (primary N) is 1. The van der Waals surface area contributed by atoms with Gasteiger partial charge in [0.1, 0.15) is 42.4 Å². The van der Waals surface area contributed by atoms with Crippen molar-refractivity contribution in [3.63, 3.8) is 0 Å². The van der Waals surface area contributed by atoms with Gasteiger partial charge in [0.05, 0.1) is 18.9 Å². The third-order valence-corrected chi connectivity index (χ3v) is 34.6. The lowest BCUT2D eigenvalue weighted by atomic mass is 9.90. The van der Waals surface area contributed by atoms with Crippen LogP contribution in [0.1, 0.15) is 11.1 Å². The van der Waals surface area contributed by atoms with Crippen molar-refractivity contribution in [2.45, 2.75) is 71.0 Å². The molecule has 0 bridgehead atoms. The van der Waals surface area contributed by atoms with Crippen LogP contribution in [-0.4, -0.2) is 341 Å². The number of ether oxygens (including phenoxy) is 2. The molecule has 0 radical (unpaired) electrons. The first-order valence-corrected chi connectivity index (χ1v) is 50.8. The highest BCUT2D eigenvalue weighted by atomic mass is 32.3. The number of benzene rings is 1. The van der Waals surface area contributed by atoms with Gasteiger partial charge in [-0.25, -0.2) is 63.0 Å². The first kappa shape index (κ1) is 99.2. The minimum atomic E-state index is -8.42. The summed E-state index contributed by atoms with van der Waals surface area (Å²) in [4.78, 5) is 130. The second-order valence-corrected chi connectivity index (χ2v) is 45.9. The molecule has 3 rings (SSSR count). The second kappa shape index (κ2) is 34.8. The number of hydrogen-bond acceptors (Lipinski definition) is 61. The van der Waals surface area contributed by atoms with E-state index in [0.717, 1.165) is 19.0 Å². The summed E-state index contributed by atoms with van der Waals surface area (Å²) in [7, 11) is -117. The third kappa shape index (κ3) is 29.2. The van der Waals surface area contributed by atoms with Gasteiger partial charge in [0.15, 0.2) is 10.5 Å². The van der Waals surface area contributed by atoms with Crippen molar-refractivity contribution in [3.8, 4) is 5.75 Å². The van der Waals surface area contributed by atoms with E-state index in [1.54, 1.807) is 0 Å². The second-order valence-electron chi connectivity index (χ2n) is 18.9. The third-order valence-electron chi connectivity index (χ3n) is 10.9. The van der Waals surface area contributed by atoms with Gasteiger partial charge < -0.3 is 108 Å². The molecule has 2 heterocycles. The Morgan fingerprint density at radius 3 is 1.31 bits per heavy atom. The molecule has 2 saturated heterocycles. The minimum absolute atomic E-state index is 0.0538. The maximum Gasteiger partial charge on any atom is 0.715 e. The zero-order valence-corrected chi connectivity index (χ0v) is 65.6. The number of aromatic hydroxyl groups is 1. The summed E-state index contributed by atoms with van der Waals surface area (Å²) in [6.07, 6.45) is -23.4. The molecule has 2 fully saturated rings. The number of aryl methyl sites for hydroxylation is 1. The summed E-state index contributed by atoms with van der Waals surface area (Å²) in [6, 6.07) is 0.635. The minimum Gasteiger partial charge on any atom is -0.506 e. The summed E-state index contributed by atoms with van der Waals surface area (Å²) in [6.45, 7) is -4.07. The van der Waals surface area contributed by atoms with E-state index in [9.17, 15) is 181 Å². The highest BCUT2D eigenvalue weighted by Crippen LogP contribution is 2.52. The Morgan fingerprint density at radius 2 is 0.905 bits per heavy atom. The maximum absolute atomic E-state index is 14.3. The zero-order chi connectivity index (χ0) is 82.8. The van der Waals surface area contributed by atoms with Gasteiger partial charge in [-0.1, -0.05) is 0 Å². The smallest absolute Gasteiger partial charge is 0.506 e. The molecule has 0 saturated carbocycles. The molecule has 1 aromatic rings. The molecule has 12 unspecified atom stereocenters. The summed E-state index contributed by atoms with van der Waals surface area (Å²) in [5.41, 5.74) is -2.91. The highest BCUT2D eigenvalue weighted by molar-refractivity contribution is 7.92. The normalized spacial score (nSPS) is 24.8. The average molecular weight is 1880 g/mol. The predicted molar refractivity (Wildman–Crippen MR) is 311 cm³/mol. The van der Waals surface area contributed by atoms with E-state index in [4.69, 9.17) is 14.5 Å². The average Bonchev–Trinajstić information content (AvgIpc) is 0.693. The lowest BCUT2D eigenvalue weighted by Gasteiger charge is -2.49. The molecule has 0 spiro atoms. The van der Waals surface area contributed by atoms with Crippen LogP contribution in [0.25, 0.3) is 0 Å². The van der Waals surface area contributed by atoms with Crippen molar-refractivity contribution >= 4 is 172 Å². The number of rotatable bonds is 41. The predicted octanol–water partition coefficient (Wildman–Crippen LogP) is -16.9. The van der Waals surface area contributed by atoms with Crippen LogP contribution in [0.15, 0.2) is 12.1 Å². The highest BCUT2D eigenvalue weighted by Gasteiger charge is 2.74. The number of phenolic OH excluding ortho intramolecular Hbond substituents is 1. The summed E-state index contributed by atoms with van der Waals surface area (Å²) >= 11 is 0. The topological polar surface area (TPSA) is 1010 Å². The number of anilines is 1. The fourth-order valence-electron chi connectivity index (χ4n) is 7.96. The Labute approximate surface area is 593 Å². The Kier molecular flexibility index (Phi) is 32.9. The fraction of sp³-hybridized carbons (Fsp3) is 0.739. The molecule has 82 heteroatoms. The monoisotopic (exact) mass is 1880 g/mol. The SMILES string of the molecule is CN.Cc1cc(O)c(N(C)C)cc1C1(S(=O)(=O)OO)OC(COS(=O)(=O)O)C(OS(=O)(=O)O)C(OS(=O)(=O)O[Si](O)(O[Si](O)(O)OO[Si](O)(O[Si](O)(O)O[Si](C)(O)O)OS(=O)(=O)OC2C(OS(=O)(=O)O)C(COS(=O)(=O)O)OC(S(=O)(=O)OO)C2S(=O)(=O)OO)O[Si](O)(O)O[Si](O)(O)O)C1S(=O)(=O)OO. The van der Waals surface area contributed by atoms with E-state index >= 15 is 0 Å². The Balaban J connectivity index is 0.0000186. The van der Waals surface area contributed by atoms with Gasteiger partial charge >= 0.3 is 166 Å². The van der Waals surface area contributed by atoms with E-state index in [2.05, 4.69) is 90.4 Å². The van der Waals surface area contributed by atoms with E-state index in [1.165, 1.54) is 7.05 Å². The molecular weight excluding hydrogens is 1830 g/mol. The molecule has 0 amide bonds. The van der Waals surface area contributed by atoms with Gasteiger partial charge in [-0.2, -0.15) is 84.2 Å². The maximum atomic E-state index is 14.3. The Hall–Kier alpha value is -1.88. The van der Waals surface area contributed by atoms with Crippen molar-refractivity contribution in [3.05, 3.63) is 23.3 Å². The van der Waals surface area contributed by atoms with Crippen molar-refractivity contribution in [2.24, 2.45) is 5.73 Å². The van der Waals surface area contributed by atoms with Crippen LogP contribution in [0.2, 0.25) is 6.55 Å². The molecule has 0 aliphatic carbocycles. The molecule has 12 atom stereocenters. The molecule has 65 nitrogen and oxygen atoms in total. The molecule has 24 N–H and O–H groups in total. The summed E-state index contributed by atoms with van der Waals surface area (Å²) in [5, 5.41) is 40.1. The number of nitrogens with zero attached hydrogens (tertiary/aromatic N) is 1. The largest absolute Gasteiger partial charge is 0.715 e. The number of hydrogen-bond donors (Lipinski definition) is 23. The van der Waals surface area contributed by atoms with Crippen LogP contribution in [0, 0.1) is 6.92 Å². The molecule has 622 valence electrons. The quantitative estimate of drug-likeness (QED) is 0.0125. The molecule has 2 aliphatic rings. The zero-order valence-electron chi connectivity index (χ0n) is 50.4. The van der Waals surface area contributed by atoms with E-state index in [1.807, 2.05) is 0 Å². The number of phenols is 1. The Morgan fingerprint density at radius 1 is 0.495 bits per heavy atom. The fourth-order valence-corrected chi connectivity index (χ4v) is 30.6. The van der Waals surface area contributed by atoms with Gasteiger partial charge in [0, 0.05) is 26.2 Å². The van der Waals surface area contributed by atoms with Crippen LogP contribution >= 0.6 is 0 Å². The molecule has 105 heavy (non-hydrogen) atoms. The van der Waals surface area contributed by atoms with Crippen LogP contribution in [-0.2, 0) is 197 Å². The molecule has 0 aromatic heterocycles. The first-order valence-electron chi connectivity index (χ1n) is 24.3. The lowest BCUT2D eigenvalue weighted by molar-refractivity contribution is -0.234. The van der Waals surface area contributed by atoms with Crippen LogP contribution < -0.4 is 10.6 Å². The van der Waals surface area contributed by atoms with Gasteiger partial charge in [-0.15, -0.1) is 17.3 Å². The molecular formula is C23H54N2O63S10Si7. The van der Waals surface area contributed by atoms with Crippen LogP contribution in [0.3, 0.4) is 0 Å². The van der Waals surface area contributed by atoms with E-state index in [0.29, 0.717) is 13.0 Å². The van der Waals surface area contributed by atoms with Gasteiger partial charge in [-0.05, 0) is 31.7 Å². The van der Waals surface area contributed by atoms with Crippen molar-refractivity contribution in [1.29, 1.82) is 0 Å². The standard InChI is InChI=1S/C22H49NO63S10Si7.CH5N/c1-9-5-12(24)11(23(2)3)6-10(9)22(90(35,36)77-28)20(88(31,32)75-26)18(16(71-94(46,47)48)14(69-22)8-67-92(40,41)42)73-96(51,52)81-103(65,86-101(62,63)83-98(55,56)57)84-99(58,59)78-79-102(64,85-100(60,61)82-97(4,53)54)80-95(49,50)72-17-15(70-93(43,44)45)13(7-66-91(37,38)39)68-21(89(33,34)76-27)19(17)87(29,30)74-25;1-2/h5-6,13-21,24-28,53-65H,7-8H2,1-4H3,(H,37,38,39)(H,40,41,42)(H,43,44,45)(H,46,47,48);2H2,1H3. The summed E-state index contributed by atoms with van der Waals surface area (Å²) < 4.78 is 380. The van der Waals surface area contributed by atoms with Gasteiger partial charge in [-0.3, -0.25) is 18.2 Å². The van der Waals surface area contributed by atoms with E-state index < -0.39 is 259 Å². The van der Waals surface area contributed by atoms with E-state index in [-0.39, 0.29) is 12.6 Å². The van der Waals surface area contributed by atoms with Crippen LogP contribution in [0.4, 0.5) is 5.69 Å². The van der Waals surface area contributed by atoms with Crippen molar-refractivity contribution in [2.75, 3.05) is 39.3 Å². The lowest BCUT2D eigenvalue weighted by Crippen LogP contribution is -2.70. The van der Waals surface area contributed by atoms with Crippen molar-refractivity contribution < 1.29 is 280 Å². The summed E-state index contributed by atoms with van der Waals surface area (Å²) in [5.74, 6) is -1.01. The first-order chi connectivity index (χ1) is 46.5. The van der Waals surface area contributed by atoms with Crippen molar-refractivity contribution in [1.82, 2.24) is 0 Å². The van der Waals surface area contributed by atoms with Gasteiger partial charge in [0.2, 0.25) is 10.4 Å². The van der Waals surface area contributed by atoms with Crippen LogP contribution in [0.5, 0.6) is 5.75 Å². The van der Waals surface area contributed by atoms with Gasteiger partial charge in [0.25, 0.3) is 0 Å². The molecule has 1 aromatic carbocycles. The Bertz CT molecular complexity index is 4390. The molecule has 2 aliphatic heterocycles.